The van der Waals surface area contributed by atoms with Crippen molar-refractivity contribution >= 4 is 29.2 Å². The number of nitrogens with one attached hydrogen (secondary N) is 1. The van der Waals surface area contributed by atoms with Crippen LogP contribution in [0.2, 0.25) is 5.02 Å². The zero-order valence-corrected chi connectivity index (χ0v) is 16.0. The summed E-state index contributed by atoms with van der Waals surface area (Å²) in [6.07, 6.45) is 4.48. The maximum absolute atomic E-state index is 13.3. The number of hydrogen-bond acceptors (Lipinski definition) is 3. The first-order valence-corrected chi connectivity index (χ1v) is 9.32. The molecule has 2 aromatic rings. The molecule has 0 spiro atoms. The Morgan fingerprint density at radius 1 is 1.29 bits per heavy atom. The number of fused-ring (bicyclic) bond motifs is 3. The highest BCUT2D eigenvalue weighted by Gasteiger charge is 2.31. The van der Waals surface area contributed by atoms with Crippen molar-refractivity contribution in [1.82, 2.24) is 19.6 Å². The molecule has 1 aromatic heterocycles. The van der Waals surface area contributed by atoms with E-state index >= 15 is 0 Å². The van der Waals surface area contributed by atoms with Gasteiger partial charge in [-0.15, -0.1) is 0 Å². The Hall–Kier alpha value is -2.87. The highest BCUT2D eigenvalue weighted by Crippen LogP contribution is 2.25. The van der Waals surface area contributed by atoms with Gasteiger partial charge in [0.05, 0.1) is 23.8 Å². The zero-order chi connectivity index (χ0) is 19.8. The molecule has 0 radical (unpaired) electrons. The summed E-state index contributed by atoms with van der Waals surface area (Å²) in [7, 11) is 1.74. The highest BCUT2D eigenvalue weighted by atomic mass is 35.5. The number of halogens is 2. The van der Waals surface area contributed by atoms with Gasteiger partial charge >= 0.3 is 6.03 Å². The summed E-state index contributed by atoms with van der Waals surface area (Å²) in [6, 6.07) is 3.69. The number of rotatable bonds is 1. The fourth-order valence-electron chi connectivity index (χ4n) is 3.42. The molecule has 1 N–H and O–H groups in total. The molecule has 4 rings (SSSR count). The molecule has 0 atom stereocenters. The van der Waals surface area contributed by atoms with Crippen LogP contribution in [-0.2, 0) is 19.5 Å². The SMILES string of the molecule is CN1C/C=C\Cn2nc3c(c2C1=O)CN(C(=O)Nc1ccc(F)c(Cl)c1)CC3. The van der Waals surface area contributed by atoms with E-state index in [2.05, 4.69) is 10.4 Å². The van der Waals surface area contributed by atoms with Crippen LogP contribution in [0, 0.1) is 5.82 Å². The predicted octanol–water partition coefficient (Wildman–Crippen LogP) is 2.91. The third-order valence-electron chi connectivity index (χ3n) is 4.93. The van der Waals surface area contributed by atoms with E-state index in [0.717, 1.165) is 11.3 Å². The average Bonchev–Trinajstić information content (AvgIpc) is 3.03. The quantitative estimate of drug-likeness (QED) is 0.744. The van der Waals surface area contributed by atoms with E-state index in [-0.39, 0.29) is 23.5 Å². The second-order valence-corrected chi connectivity index (χ2v) is 7.25. The number of hydrogen-bond donors (Lipinski definition) is 1. The number of likely N-dealkylation sites (N-methyl/N-ethyl adjacent to an activating group) is 1. The van der Waals surface area contributed by atoms with Gasteiger partial charge in [0.1, 0.15) is 11.5 Å². The number of anilines is 1. The summed E-state index contributed by atoms with van der Waals surface area (Å²) in [6.45, 7) is 1.83. The van der Waals surface area contributed by atoms with Crippen molar-refractivity contribution in [3.8, 4) is 0 Å². The van der Waals surface area contributed by atoms with Crippen LogP contribution in [0.25, 0.3) is 0 Å². The molecule has 9 heteroatoms. The molecule has 0 bridgehead atoms. The van der Waals surface area contributed by atoms with Crippen molar-refractivity contribution in [2.45, 2.75) is 19.5 Å². The fraction of sp³-hybridized carbons (Fsp3) is 0.316. The topological polar surface area (TPSA) is 70.5 Å². The van der Waals surface area contributed by atoms with E-state index in [9.17, 15) is 14.0 Å². The van der Waals surface area contributed by atoms with Crippen LogP contribution in [0.15, 0.2) is 30.4 Å². The second kappa shape index (κ2) is 7.27. The van der Waals surface area contributed by atoms with E-state index < -0.39 is 5.82 Å². The Balaban J connectivity index is 1.57. The maximum atomic E-state index is 13.3. The Bertz CT molecular complexity index is 987. The minimum Gasteiger partial charge on any atom is -0.337 e. The number of aromatic nitrogens is 2. The molecule has 0 aliphatic carbocycles. The zero-order valence-electron chi connectivity index (χ0n) is 15.3. The molecule has 146 valence electrons. The largest absolute Gasteiger partial charge is 0.337 e. The number of nitrogens with zero attached hydrogens (tertiary/aromatic N) is 4. The standard InChI is InChI=1S/C19H19ClFN5O2/c1-24-7-2-3-8-26-17(18(24)27)13-11-25(9-6-16(13)23-26)19(28)22-12-4-5-15(21)14(20)10-12/h2-5,10H,6-9,11H2,1H3,(H,22,28)/b3-2-. The van der Waals surface area contributed by atoms with Crippen LogP contribution in [0.3, 0.4) is 0 Å². The predicted molar refractivity (Wildman–Crippen MR) is 103 cm³/mol. The molecule has 7 nitrogen and oxygen atoms in total. The van der Waals surface area contributed by atoms with E-state index in [1.165, 1.54) is 18.2 Å². The van der Waals surface area contributed by atoms with Crippen molar-refractivity contribution in [3.05, 3.63) is 58.1 Å². The number of urea groups is 1. The lowest BCUT2D eigenvalue weighted by Crippen LogP contribution is -2.39. The minimum absolute atomic E-state index is 0.0570. The van der Waals surface area contributed by atoms with Crippen molar-refractivity contribution in [1.29, 1.82) is 0 Å². The van der Waals surface area contributed by atoms with Gasteiger partial charge < -0.3 is 15.1 Å². The van der Waals surface area contributed by atoms with Crippen LogP contribution in [0.1, 0.15) is 21.7 Å². The first-order valence-electron chi connectivity index (χ1n) is 8.94. The van der Waals surface area contributed by atoms with Gasteiger partial charge in [-0.25, -0.2) is 9.18 Å². The maximum Gasteiger partial charge on any atom is 0.322 e. The van der Waals surface area contributed by atoms with Crippen molar-refractivity contribution in [2.75, 3.05) is 25.5 Å². The number of carbonyl (C=O) groups excluding carboxylic acids is 2. The third kappa shape index (κ3) is 3.35. The Labute approximate surface area is 166 Å². The Kier molecular flexibility index (Phi) is 4.80. The average molecular weight is 404 g/mol. The molecule has 1 aromatic carbocycles. The normalized spacial score (nSPS) is 17.5. The summed E-state index contributed by atoms with van der Waals surface area (Å²) >= 11 is 5.77. The van der Waals surface area contributed by atoms with E-state index in [1.54, 1.807) is 21.5 Å². The fourth-order valence-corrected chi connectivity index (χ4v) is 3.60. The molecule has 0 unspecified atom stereocenters. The Morgan fingerprint density at radius 3 is 2.86 bits per heavy atom. The summed E-state index contributed by atoms with van der Waals surface area (Å²) in [5.41, 5.74) is 2.57. The van der Waals surface area contributed by atoms with Crippen molar-refractivity contribution in [3.63, 3.8) is 0 Å². The summed E-state index contributed by atoms with van der Waals surface area (Å²) in [5, 5.41) is 7.25. The number of allylic oxidation sites excluding steroid dienone is 1. The van der Waals surface area contributed by atoms with E-state index in [1.807, 2.05) is 12.2 Å². The van der Waals surface area contributed by atoms with Gasteiger partial charge in [-0.2, -0.15) is 5.10 Å². The number of benzene rings is 1. The third-order valence-corrected chi connectivity index (χ3v) is 5.22. The van der Waals surface area contributed by atoms with Crippen molar-refractivity contribution in [2.24, 2.45) is 0 Å². The molecule has 2 aliphatic heterocycles. The lowest BCUT2D eigenvalue weighted by molar-refractivity contribution is 0.0794. The van der Waals surface area contributed by atoms with E-state index in [0.29, 0.717) is 37.4 Å². The summed E-state index contributed by atoms with van der Waals surface area (Å²) in [4.78, 5) is 28.7. The van der Waals surface area contributed by atoms with Gasteiger partial charge in [-0.1, -0.05) is 23.8 Å². The molecule has 3 amide bonds. The molecule has 28 heavy (non-hydrogen) atoms. The summed E-state index contributed by atoms with van der Waals surface area (Å²) in [5.74, 6) is -0.650. The molecular formula is C19H19ClFN5O2. The number of amides is 3. The van der Waals surface area contributed by atoms with Crippen LogP contribution < -0.4 is 5.32 Å². The molecular weight excluding hydrogens is 385 g/mol. The smallest absolute Gasteiger partial charge is 0.322 e. The lowest BCUT2D eigenvalue weighted by Gasteiger charge is -2.27. The first kappa shape index (κ1) is 18.5. The van der Waals surface area contributed by atoms with Crippen LogP contribution in [0.5, 0.6) is 0 Å². The lowest BCUT2D eigenvalue weighted by atomic mass is 10.0. The van der Waals surface area contributed by atoms with Gasteiger partial charge in [0, 0.05) is 37.8 Å². The highest BCUT2D eigenvalue weighted by molar-refractivity contribution is 6.31. The molecule has 2 aliphatic rings. The van der Waals surface area contributed by atoms with Gasteiger partial charge in [-0.3, -0.25) is 9.48 Å². The van der Waals surface area contributed by atoms with Gasteiger partial charge in [0.15, 0.2) is 0 Å². The number of carbonyl (C=O) groups is 2. The molecule has 0 fully saturated rings. The van der Waals surface area contributed by atoms with Gasteiger partial charge in [0.2, 0.25) is 0 Å². The monoisotopic (exact) mass is 403 g/mol. The van der Waals surface area contributed by atoms with Crippen LogP contribution >= 0.6 is 11.6 Å². The summed E-state index contributed by atoms with van der Waals surface area (Å²) < 4.78 is 15.0. The second-order valence-electron chi connectivity index (χ2n) is 6.84. The van der Waals surface area contributed by atoms with Crippen molar-refractivity contribution < 1.29 is 14.0 Å². The first-order chi connectivity index (χ1) is 13.4. The Morgan fingerprint density at radius 2 is 2.07 bits per heavy atom. The molecule has 3 heterocycles. The van der Waals surface area contributed by atoms with Gasteiger partial charge in [-0.05, 0) is 18.2 Å². The minimum atomic E-state index is -0.544. The van der Waals surface area contributed by atoms with Crippen LogP contribution in [-0.4, -0.2) is 51.7 Å². The van der Waals surface area contributed by atoms with E-state index in [4.69, 9.17) is 11.6 Å². The van der Waals surface area contributed by atoms with Crippen LogP contribution in [0.4, 0.5) is 14.9 Å². The van der Waals surface area contributed by atoms with Gasteiger partial charge in [0.25, 0.3) is 5.91 Å². The molecule has 0 saturated heterocycles. The molecule has 0 saturated carbocycles.